The normalized spacial score (nSPS) is 11.0. The van der Waals surface area contributed by atoms with E-state index in [-0.39, 0.29) is 40.3 Å². The van der Waals surface area contributed by atoms with E-state index in [4.69, 9.17) is 14.5 Å². The monoisotopic (exact) mass is 629 g/mol. The number of nitrogens with one attached hydrogen (secondary N) is 1. The molecule has 1 N–H and O–H groups in total. The van der Waals surface area contributed by atoms with Crippen LogP contribution in [-0.2, 0) is 20.8 Å². The first-order valence-corrected chi connectivity index (χ1v) is 15.9. The van der Waals surface area contributed by atoms with Gasteiger partial charge in [0.25, 0.3) is 0 Å². The quantitative estimate of drug-likeness (QED) is 0.127. The van der Waals surface area contributed by atoms with Crippen molar-refractivity contribution in [3.8, 4) is 22.6 Å². The molecule has 3 aromatic heterocycles. The highest BCUT2D eigenvalue weighted by Gasteiger charge is 2.27. The second-order valence-electron chi connectivity index (χ2n) is 9.53. The highest BCUT2D eigenvalue weighted by molar-refractivity contribution is 7.99. The van der Waals surface area contributed by atoms with Gasteiger partial charge in [0.15, 0.2) is 11.0 Å². The van der Waals surface area contributed by atoms with E-state index in [1.165, 1.54) is 11.8 Å². The molecule has 0 bridgehead atoms. The summed E-state index contributed by atoms with van der Waals surface area (Å²) in [6, 6.07) is 19.9. The van der Waals surface area contributed by atoms with Gasteiger partial charge >= 0.3 is 11.9 Å². The summed E-state index contributed by atoms with van der Waals surface area (Å²) in [5.41, 5.74) is 4.10. The van der Waals surface area contributed by atoms with Gasteiger partial charge in [-0.3, -0.25) is 4.79 Å². The number of thiophene rings is 1. The van der Waals surface area contributed by atoms with Crippen molar-refractivity contribution in [1.82, 2.24) is 19.7 Å². The van der Waals surface area contributed by atoms with Crippen molar-refractivity contribution in [2.45, 2.75) is 39.4 Å². The number of ether oxygens (including phenoxy) is 2. The molecule has 44 heavy (non-hydrogen) atoms. The number of benzene rings is 2. The summed E-state index contributed by atoms with van der Waals surface area (Å²) in [7, 11) is 0. The van der Waals surface area contributed by atoms with Crippen LogP contribution in [0.5, 0.6) is 0 Å². The standard InChI is InChI=1S/C32H31N5O5S2/c1-5-37-28(22-17-24(20-13-9-8-10-14-20)33-23-16-12-11-15-21(22)23)35-36-32(37)43-18-25(38)34-29-26(30(39)41-6-2)19(4)27(44-29)31(40)42-7-3/h8-17H,5-7,18H2,1-4H3,(H,34,38). The fraction of sp³-hybridized carbons (Fsp3) is 0.250. The van der Waals surface area contributed by atoms with Crippen LogP contribution in [0.2, 0.25) is 0 Å². The predicted octanol–water partition coefficient (Wildman–Crippen LogP) is 6.63. The van der Waals surface area contributed by atoms with Gasteiger partial charge in [0.05, 0.1) is 35.7 Å². The summed E-state index contributed by atoms with van der Waals surface area (Å²) >= 11 is 2.22. The Morgan fingerprint density at radius 1 is 0.932 bits per heavy atom. The van der Waals surface area contributed by atoms with Crippen LogP contribution in [0.4, 0.5) is 5.00 Å². The molecule has 3 heterocycles. The Bertz CT molecular complexity index is 1830. The summed E-state index contributed by atoms with van der Waals surface area (Å²) in [5.74, 6) is -0.875. The van der Waals surface area contributed by atoms with Crippen LogP contribution in [0.25, 0.3) is 33.5 Å². The third kappa shape index (κ3) is 6.36. The molecule has 0 aliphatic rings. The van der Waals surface area contributed by atoms with Gasteiger partial charge in [0.2, 0.25) is 5.91 Å². The second kappa shape index (κ2) is 13.8. The molecule has 0 fully saturated rings. The predicted molar refractivity (Wildman–Crippen MR) is 172 cm³/mol. The van der Waals surface area contributed by atoms with E-state index in [9.17, 15) is 14.4 Å². The van der Waals surface area contributed by atoms with E-state index in [1.54, 1.807) is 20.8 Å². The number of para-hydroxylation sites is 1. The Hall–Kier alpha value is -4.55. The Labute approximate surface area is 262 Å². The van der Waals surface area contributed by atoms with E-state index in [1.807, 2.05) is 72.2 Å². The number of pyridine rings is 1. The summed E-state index contributed by atoms with van der Waals surface area (Å²) < 4.78 is 12.3. The average molecular weight is 630 g/mol. The minimum atomic E-state index is -0.616. The molecule has 0 spiro atoms. The van der Waals surface area contributed by atoms with Gasteiger partial charge in [-0.15, -0.1) is 21.5 Å². The third-order valence-corrected chi connectivity index (χ3v) is 8.89. The van der Waals surface area contributed by atoms with Crippen LogP contribution >= 0.6 is 23.1 Å². The lowest BCUT2D eigenvalue weighted by atomic mass is 10.0. The van der Waals surface area contributed by atoms with Crippen LogP contribution in [0.1, 0.15) is 46.4 Å². The van der Waals surface area contributed by atoms with Crippen LogP contribution in [0.15, 0.2) is 65.8 Å². The molecule has 1 amide bonds. The fourth-order valence-corrected chi connectivity index (χ4v) is 6.64. The SMILES string of the molecule is CCOC(=O)c1sc(NC(=O)CSc2nnc(-c3cc(-c4ccccc4)nc4ccccc34)n2CC)c(C(=O)OCC)c1C. The largest absolute Gasteiger partial charge is 0.462 e. The zero-order valence-corrected chi connectivity index (χ0v) is 26.4. The van der Waals surface area contributed by atoms with Gasteiger partial charge in [-0.05, 0) is 45.4 Å². The molecule has 0 atom stereocenters. The number of thioether (sulfide) groups is 1. The Morgan fingerprint density at radius 3 is 2.36 bits per heavy atom. The van der Waals surface area contributed by atoms with E-state index < -0.39 is 11.9 Å². The van der Waals surface area contributed by atoms with E-state index in [0.717, 1.165) is 39.1 Å². The number of rotatable bonds is 11. The molecule has 12 heteroatoms. The van der Waals surface area contributed by atoms with E-state index >= 15 is 0 Å². The maximum absolute atomic E-state index is 13.1. The van der Waals surface area contributed by atoms with Crippen molar-refractivity contribution >= 4 is 56.8 Å². The minimum Gasteiger partial charge on any atom is -0.462 e. The first kappa shape index (κ1) is 30.9. The fourth-order valence-electron chi connectivity index (χ4n) is 4.73. The van der Waals surface area contributed by atoms with Gasteiger partial charge < -0.3 is 19.4 Å². The first-order chi connectivity index (χ1) is 21.4. The highest BCUT2D eigenvalue weighted by atomic mass is 32.2. The van der Waals surface area contributed by atoms with Gasteiger partial charge in [-0.1, -0.05) is 60.3 Å². The van der Waals surface area contributed by atoms with Crippen LogP contribution < -0.4 is 5.32 Å². The molecule has 0 aliphatic carbocycles. The number of nitrogens with zero attached hydrogens (tertiary/aromatic N) is 4. The van der Waals surface area contributed by atoms with Gasteiger partial charge in [0.1, 0.15) is 9.88 Å². The number of carbonyl (C=O) groups excluding carboxylic acids is 3. The highest BCUT2D eigenvalue weighted by Crippen LogP contribution is 2.36. The summed E-state index contributed by atoms with van der Waals surface area (Å²) in [5, 5.41) is 13.5. The molecule has 0 saturated heterocycles. The number of esters is 2. The molecule has 0 aliphatic heterocycles. The van der Waals surface area contributed by atoms with E-state index in [2.05, 4.69) is 15.5 Å². The Balaban J connectivity index is 1.41. The lowest BCUT2D eigenvalue weighted by Crippen LogP contribution is -2.17. The van der Waals surface area contributed by atoms with Crippen molar-refractivity contribution in [2.24, 2.45) is 0 Å². The molecule has 0 saturated carbocycles. The topological polar surface area (TPSA) is 125 Å². The first-order valence-electron chi connectivity index (χ1n) is 14.1. The second-order valence-corrected chi connectivity index (χ2v) is 11.5. The number of hydrogen-bond donors (Lipinski definition) is 1. The molecule has 0 radical (unpaired) electrons. The molecule has 2 aromatic carbocycles. The Kier molecular flexibility index (Phi) is 9.71. The van der Waals surface area contributed by atoms with Crippen LogP contribution in [0.3, 0.4) is 0 Å². The number of hydrogen-bond acceptors (Lipinski definition) is 10. The van der Waals surface area contributed by atoms with Crippen molar-refractivity contribution < 1.29 is 23.9 Å². The third-order valence-electron chi connectivity index (χ3n) is 6.73. The number of carbonyl (C=O) groups is 3. The lowest BCUT2D eigenvalue weighted by molar-refractivity contribution is -0.113. The van der Waals surface area contributed by atoms with Crippen LogP contribution in [-0.4, -0.2) is 56.6 Å². The van der Waals surface area contributed by atoms with Gasteiger partial charge in [-0.25, -0.2) is 14.6 Å². The summed E-state index contributed by atoms with van der Waals surface area (Å²) in [6.07, 6.45) is 0. The van der Waals surface area contributed by atoms with Crippen molar-refractivity contribution in [1.29, 1.82) is 0 Å². The molecular formula is C32H31N5O5S2. The molecule has 10 nitrogen and oxygen atoms in total. The van der Waals surface area contributed by atoms with Gasteiger partial charge in [0, 0.05) is 23.1 Å². The summed E-state index contributed by atoms with van der Waals surface area (Å²) in [6.45, 7) is 7.94. The molecule has 0 unspecified atom stereocenters. The Morgan fingerprint density at radius 2 is 1.64 bits per heavy atom. The number of aromatic nitrogens is 4. The molecule has 5 aromatic rings. The maximum Gasteiger partial charge on any atom is 0.348 e. The number of amides is 1. The zero-order chi connectivity index (χ0) is 31.2. The number of fused-ring (bicyclic) bond motifs is 1. The van der Waals surface area contributed by atoms with E-state index in [0.29, 0.717) is 23.1 Å². The maximum atomic E-state index is 13.1. The summed E-state index contributed by atoms with van der Waals surface area (Å²) in [4.78, 5) is 43.4. The molecule has 226 valence electrons. The van der Waals surface area contributed by atoms with Gasteiger partial charge in [-0.2, -0.15) is 0 Å². The number of anilines is 1. The van der Waals surface area contributed by atoms with Crippen LogP contribution in [0, 0.1) is 6.92 Å². The smallest absolute Gasteiger partial charge is 0.348 e. The molecule has 5 rings (SSSR count). The lowest BCUT2D eigenvalue weighted by Gasteiger charge is -2.12. The van der Waals surface area contributed by atoms with Crippen molar-refractivity contribution in [3.05, 3.63) is 76.7 Å². The average Bonchev–Trinajstić information content (AvgIpc) is 3.60. The van der Waals surface area contributed by atoms with Crippen molar-refractivity contribution in [3.63, 3.8) is 0 Å². The van der Waals surface area contributed by atoms with Crippen molar-refractivity contribution in [2.75, 3.05) is 24.3 Å². The zero-order valence-electron chi connectivity index (χ0n) is 24.7. The molecular weight excluding hydrogens is 599 g/mol. The minimum absolute atomic E-state index is 0.00154.